The molecular weight excluding hydrogens is 204 g/mol. The van der Waals surface area contributed by atoms with E-state index in [-0.39, 0.29) is 0 Å². The zero-order valence-electron chi connectivity index (χ0n) is 8.85. The van der Waals surface area contributed by atoms with Crippen LogP contribution in [0.15, 0.2) is 17.5 Å². The predicted molar refractivity (Wildman–Crippen MR) is 62.8 cm³/mol. The van der Waals surface area contributed by atoms with Gasteiger partial charge in [0.15, 0.2) is 0 Å². The Morgan fingerprint density at radius 1 is 1.47 bits per heavy atom. The van der Waals surface area contributed by atoms with Crippen LogP contribution in [0.5, 0.6) is 0 Å². The molecule has 1 aliphatic rings. The Kier molecular flexibility index (Phi) is 3.76. The van der Waals surface area contributed by atoms with Gasteiger partial charge in [-0.05, 0) is 43.8 Å². The van der Waals surface area contributed by atoms with E-state index in [1.54, 1.807) is 0 Å². The van der Waals surface area contributed by atoms with Gasteiger partial charge in [0.1, 0.15) is 0 Å². The summed E-state index contributed by atoms with van der Waals surface area (Å²) in [4.78, 5) is 3.95. The van der Waals surface area contributed by atoms with Crippen molar-refractivity contribution in [2.75, 3.05) is 19.6 Å². The molecule has 0 amide bonds. The van der Waals surface area contributed by atoms with E-state index in [2.05, 4.69) is 28.5 Å². The molecule has 2 heterocycles. The van der Waals surface area contributed by atoms with Gasteiger partial charge in [-0.2, -0.15) is 5.26 Å². The van der Waals surface area contributed by atoms with Crippen LogP contribution < -0.4 is 0 Å². The van der Waals surface area contributed by atoms with E-state index in [9.17, 15) is 0 Å². The molecule has 0 unspecified atom stereocenters. The number of hydrogen-bond donors (Lipinski definition) is 0. The SMILES string of the molecule is N#CC1CCN(CCc2cccs2)CC1. The van der Waals surface area contributed by atoms with Crippen molar-refractivity contribution in [1.29, 1.82) is 5.26 Å². The van der Waals surface area contributed by atoms with Gasteiger partial charge < -0.3 is 4.90 Å². The number of piperidine rings is 1. The van der Waals surface area contributed by atoms with Crippen molar-refractivity contribution in [2.45, 2.75) is 19.3 Å². The number of likely N-dealkylation sites (tertiary alicyclic amines) is 1. The monoisotopic (exact) mass is 220 g/mol. The maximum Gasteiger partial charge on any atom is 0.0656 e. The Morgan fingerprint density at radius 3 is 2.87 bits per heavy atom. The topological polar surface area (TPSA) is 27.0 Å². The number of rotatable bonds is 3. The second-order valence-electron chi connectivity index (χ2n) is 4.07. The van der Waals surface area contributed by atoms with E-state index in [1.807, 2.05) is 11.3 Å². The third-order valence-electron chi connectivity index (χ3n) is 3.02. The molecule has 1 aliphatic heterocycles. The summed E-state index contributed by atoms with van der Waals surface area (Å²) in [5, 5.41) is 10.9. The van der Waals surface area contributed by atoms with Crippen LogP contribution in [0, 0.1) is 17.2 Å². The van der Waals surface area contributed by atoms with Gasteiger partial charge in [-0.3, -0.25) is 0 Å². The Morgan fingerprint density at radius 2 is 2.27 bits per heavy atom. The molecule has 1 aromatic heterocycles. The lowest BCUT2D eigenvalue weighted by Crippen LogP contribution is -2.34. The highest BCUT2D eigenvalue weighted by Gasteiger charge is 2.17. The van der Waals surface area contributed by atoms with Crippen molar-refractivity contribution in [3.05, 3.63) is 22.4 Å². The molecule has 0 atom stereocenters. The quantitative estimate of drug-likeness (QED) is 0.782. The molecule has 0 saturated carbocycles. The van der Waals surface area contributed by atoms with Crippen molar-refractivity contribution >= 4 is 11.3 Å². The van der Waals surface area contributed by atoms with Crippen molar-refractivity contribution in [3.8, 4) is 6.07 Å². The highest BCUT2D eigenvalue weighted by atomic mass is 32.1. The van der Waals surface area contributed by atoms with E-state index in [0.29, 0.717) is 5.92 Å². The lowest BCUT2D eigenvalue weighted by molar-refractivity contribution is 0.208. The number of hydrogen-bond acceptors (Lipinski definition) is 3. The van der Waals surface area contributed by atoms with Crippen LogP contribution in [-0.4, -0.2) is 24.5 Å². The zero-order chi connectivity index (χ0) is 10.5. The third kappa shape index (κ3) is 3.05. The second kappa shape index (κ2) is 5.29. The largest absolute Gasteiger partial charge is 0.303 e. The molecule has 1 fully saturated rings. The van der Waals surface area contributed by atoms with Gasteiger partial charge in [-0.1, -0.05) is 6.07 Å². The average Bonchev–Trinajstić information content (AvgIpc) is 2.80. The van der Waals surface area contributed by atoms with Gasteiger partial charge in [-0.15, -0.1) is 11.3 Å². The minimum Gasteiger partial charge on any atom is -0.303 e. The molecule has 0 spiro atoms. The van der Waals surface area contributed by atoms with Crippen LogP contribution in [0.3, 0.4) is 0 Å². The smallest absolute Gasteiger partial charge is 0.0656 e. The second-order valence-corrected chi connectivity index (χ2v) is 5.11. The minimum absolute atomic E-state index is 0.308. The first-order chi connectivity index (χ1) is 7.38. The third-order valence-corrected chi connectivity index (χ3v) is 3.96. The van der Waals surface area contributed by atoms with Gasteiger partial charge in [0, 0.05) is 17.3 Å². The highest BCUT2D eigenvalue weighted by molar-refractivity contribution is 7.09. The molecular formula is C12H16N2S. The van der Waals surface area contributed by atoms with Crippen LogP contribution in [0.25, 0.3) is 0 Å². The van der Waals surface area contributed by atoms with Crippen LogP contribution in [0.4, 0.5) is 0 Å². The Labute approximate surface area is 95.1 Å². The molecule has 2 rings (SSSR count). The van der Waals surface area contributed by atoms with Crippen LogP contribution in [0.2, 0.25) is 0 Å². The van der Waals surface area contributed by atoms with Gasteiger partial charge in [0.05, 0.1) is 6.07 Å². The van der Waals surface area contributed by atoms with Crippen molar-refractivity contribution < 1.29 is 0 Å². The standard InChI is InChI=1S/C12H16N2S/c13-10-11-3-6-14(7-4-11)8-5-12-2-1-9-15-12/h1-2,9,11H,3-8H2. The number of thiophene rings is 1. The normalized spacial score (nSPS) is 18.9. The molecule has 3 heteroatoms. The molecule has 1 aromatic rings. The van der Waals surface area contributed by atoms with E-state index >= 15 is 0 Å². The Bertz CT molecular complexity index is 318. The Balaban J connectivity index is 1.71. The van der Waals surface area contributed by atoms with E-state index in [4.69, 9.17) is 5.26 Å². The van der Waals surface area contributed by atoms with Gasteiger partial charge in [0.25, 0.3) is 0 Å². The van der Waals surface area contributed by atoms with E-state index < -0.39 is 0 Å². The Hall–Kier alpha value is -0.850. The molecule has 2 nitrogen and oxygen atoms in total. The first kappa shape index (κ1) is 10.7. The summed E-state index contributed by atoms with van der Waals surface area (Å²) in [6, 6.07) is 6.68. The van der Waals surface area contributed by atoms with Gasteiger partial charge in [0.2, 0.25) is 0 Å². The maximum atomic E-state index is 8.79. The summed E-state index contributed by atoms with van der Waals surface area (Å²) in [5.74, 6) is 0.308. The first-order valence-electron chi connectivity index (χ1n) is 5.53. The van der Waals surface area contributed by atoms with Crippen molar-refractivity contribution in [1.82, 2.24) is 4.90 Å². The summed E-state index contributed by atoms with van der Waals surface area (Å²) in [6.45, 7) is 3.35. The van der Waals surface area contributed by atoms with Gasteiger partial charge in [-0.25, -0.2) is 0 Å². The van der Waals surface area contributed by atoms with Gasteiger partial charge >= 0.3 is 0 Å². The fourth-order valence-corrected chi connectivity index (χ4v) is 2.71. The molecule has 0 aromatic carbocycles. The molecule has 0 bridgehead atoms. The molecule has 80 valence electrons. The average molecular weight is 220 g/mol. The molecule has 0 N–H and O–H groups in total. The molecule has 1 saturated heterocycles. The van der Waals surface area contributed by atoms with E-state index in [0.717, 1.165) is 38.9 Å². The fourth-order valence-electron chi connectivity index (χ4n) is 2.01. The lowest BCUT2D eigenvalue weighted by Gasteiger charge is -2.28. The minimum atomic E-state index is 0.308. The van der Waals surface area contributed by atoms with Crippen molar-refractivity contribution in [2.24, 2.45) is 5.92 Å². The fraction of sp³-hybridized carbons (Fsp3) is 0.583. The first-order valence-corrected chi connectivity index (χ1v) is 6.41. The molecule has 0 aliphatic carbocycles. The summed E-state index contributed by atoms with van der Waals surface area (Å²) >= 11 is 1.84. The zero-order valence-corrected chi connectivity index (χ0v) is 9.67. The predicted octanol–water partition coefficient (Wildman–Crippen LogP) is 2.53. The lowest BCUT2D eigenvalue weighted by atomic mass is 9.98. The molecule has 0 radical (unpaired) electrons. The maximum absolute atomic E-state index is 8.79. The van der Waals surface area contributed by atoms with Crippen LogP contribution in [0.1, 0.15) is 17.7 Å². The van der Waals surface area contributed by atoms with E-state index in [1.165, 1.54) is 4.88 Å². The molecule has 15 heavy (non-hydrogen) atoms. The number of nitrogens with zero attached hydrogens (tertiary/aromatic N) is 2. The summed E-state index contributed by atoms with van der Waals surface area (Å²) in [5.41, 5.74) is 0. The number of nitriles is 1. The summed E-state index contributed by atoms with van der Waals surface area (Å²) in [7, 11) is 0. The highest BCUT2D eigenvalue weighted by Crippen LogP contribution is 2.17. The van der Waals surface area contributed by atoms with Crippen molar-refractivity contribution in [3.63, 3.8) is 0 Å². The summed E-state index contributed by atoms with van der Waals surface area (Å²) in [6.07, 6.45) is 3.27. The summed E-state index contributed by atoms with van der Waals surface area (Å²) < 4.78 is 0. The van der Waals surface area contributed by atoms with Crippen LogP contribution >= 0.6 is 11.3 Å². The van der Waals surface area contributed by atoms with Crippen LogP contribution in [-0.2, 0) is 6.42 Å².